The van der Waals surface area contributed by atoms with Crippen molar-refractivity contribution in [3.05, 3.63) is 64.7 Å². The van der Waals surface area contributed by atoms with Crippen molar-refractivity contribution in [2.75, 3.05) is 65.4 Å². The summed E-state index contributed by atoms with van der Waals surface area (Å²) in [6.45, 7) is 6.71. The summed E-state index contributed by atoms with van der Waals surface area (Å²) in [5.41, 5.74) is 5.04. The Morgan fingerprint density at radius 1 is 1.03 bits per heavy atom. The maximum atomic E-state index is 12.7. The third kappa shape index (κ3) is 5.17. The van der Waals surface area contributed by atoms with Crippen LogP contribution in [0.1, 0.15) is 27.9 Å². The summed E-state index contributed by atoms with van der Waals surface area (Å²) in [4.78, 5) is 20.0. The number of allylic oxidation sites excluding steroid dienone is 1. The third-order valence-electron chi connectivity index (χ3n) is 6.28. The molecule has 1 aliphatic carbocycles. The van der Waals surface area contributed by atoms with Gasteiger partial charge in [-0.3, -0.25) is 9.69 Å². The van der Waals surface area contributed by atoms with Crippen molar-refractivity contribution in [2.45, 2.75) is 12.8 Å². The van der Waals surface area contributed by atoms with E-state index >= 15 is 0 Å². The van der Waals surface area contributed by atoms with Crippen molar-refractivity contribution >= 4 is 17.5 Å². The van der Waals surface area contributed by atoms with Crippen LogP contribution in [0.4, 0.5) is 5.69 Å². The van der Waals surface area contributed by atoms with Crippen LogP contribution in [-0.4, -0.2) is 76.1 Å². The fraction of sp³-hybridized carbons (Fsp3) is 0.423. The number of carbonyl (C=O) groups excluding carboxylic acids is 1. The monoisotopic (exact) mass is 419 g/mol. The van der Waals surface area contributed by atoms with Crippen molar-refractivity contribution < 1.29 is 9.53 Å². The largest absolute Gasteiger partial charge is 0.497 e. The van der Waals surface area contributed by atoms with Gasteiger partial charge in [-0.25, -0.2) is 0 Å². The molecule has 0 bridgehead atoms. The first kappa shape index (κ1) is 21.6. The normalized spacial score (nSPS) is 18.1. The van der Waals surface area contributed by atoms with Crippen LogP contribution in [0.15, 0.2) is 48.0 Å². The molecule has 1 aliphatic heterocycles. The number of hydrogen-bond acceptors (Lipinski definition) is 5. The molecule has 164 valence electrons. The summed E-state index contributed by atoms with van der Waals surface area (Å²) >= 11 is 0. The number of piperazine rings is 1. The number of ketones is 1. The average molecular weight is 420 g/mol. The third-order valence-corrected chi connectivity index (χ3v) is 6.28. The number of nitrogens with zero attached hydrogens (tertiary/aromatic N) is 3. The van der Waals surface area contributed by atoms with E-state index in [1.165, 1.54) is 18.7 Å². The van der Waals surface area contributed by atoms with E-state index in [9.17, 15) is 4.79 Å². The molecule has 5 heteroatoms. The summed E-state index contributed by atoms with van der Waals surface area (Å²) < 4.78 is 5.29. The van der Waals surface area contributed by atoms with E-state index in [1.807, 2.05) is 24.3 Å². The minimum Gasteiger partial charge on any atom is -0.497 e. The maximum Gasteiger partial charge on any atom is 0.189 e. The Hall–Kier alpha value is -2.63. The predicted octanol–water partition coefficient (Wildman–Crippen LogP) is 3.59. The SMILES string of the molecule is COc1ccc2c(c1)C/C(=C/c1ccc(N3CCN(CCCN(C)C)CC3)cc1)C2=O. The first-order valence-electron chi connectivity index (χ1n) is 11.2. The number of anilines is 1. The molecule has 0 unspecified atom stereocenters. The lowest BCUT2D eigenvalue weighted by Gasteiger charge is -2.36. The molecule has 1 saturated heterocycles. The van der Waals surface area contributed by atoms with E-state index < -0.39 is 0 Å². The van der Waals surface area contributed by atoms with Crippen LogP contribution < -0.4 is 9.64 Å². The first-order chi connectivity index (χ1) is 15.0. The predicted molar refractivity (Wildman–Crippen MR) is 127 cm³/mol. The number of ether oxygens (including phenoxy) is 1. The minimum absolute atomic E-state index is 0.132. The van der Waals surface area contributed by atoms with Crippen LogP contribution in [0.5, 0.6) is 5.75 Å². The molecule has 2 aromatic rings. The molecule has 2 aliphatic rings. The van der Waals surface area contributed by atoms with Gasteiger partial charge < -0.3 is 14.5 Å². The molecule has 5 nitrogen and oxygen atoms in total. The van der Waals surface area contributed by atoms with E-state index in [4.69, 9.17) is 4.74 Å². The molecule has 0 atom stereocenters. The molecule has 0 amide bonds. The van der Waals surface area contributed by atoms with Crippen LogP contribution in [-0.2, 0) is 6.42 Å². The Balaban J connectivity index is 1.34. The lowest BCUT2D eigenvalue weighted by molar-refractivity contribution is 0.104. The van der Waals surface area contributed by atoms with Crippen LogP contribution in [0.25, 0.3) is 6.08 Å². The highest BCUT2D eigenvalue weighted by Crippen LogP contribution is 2.31. The van der Waals surface area contributed by atoms with Crippen LogP contribution in [0, 0.1) is 0 Å². The molecular formula is C26H33N3O2. The highest BCUT2D eigenvalue weighted by Gasteiger charge is 2.25. The van der Waals surface area contributed by atoms with Gasteiger partial charge in [0.05, 0.1) is 7.11 Å². The molecule has 31 heavy (non-hydrogen) atoms. The second kappa shape index (κ2) is 9.67. The molecule has 0 saturated carbocycles. The zero-order valence-electron chi connectivity index (χ0n) is 18.9. The number of Topliss-reactive ketones (excluding diaryl/α,β-unsaturated/α-hetero) is 1. The zero-order valence-corrected chi connectivity index (χ0v) is 18.9. The number of benzene rings is 2. The van der Waals surface area contributed by atoms with E-state index in [-0.39, 0.29) is 5.78 Å². The first-order valence-corrected chi connectivity index (χ1v) is 11.2. The van der Waals surface area contributed by atoms with E-state index in [2.05, 4.69) is 53.1 Å². The molecule has 2 aromatic carbocycles. The summed E-state index contributed by atoms with van der Waals surface area (Å²) in [6, 6.07) is 14.3. The zero-order chi connectivity index (χ0) is 21.8. The summed E-state index contributed by atoms with van der Waals surface area (Å²) in [6.07, 6.45) is 3.93. The van der Waals surface area contributed by atoms with Crippen molar-refractivity contribution in [3.8, 4) is 5.75 Å². The number of fused-ring (bicyclic) bond motifs is 1. The van der Waals surface area contributed by atoms with Crippen molar-refractivity contribution in [2.24, 2.45) is 0 Å². The van der Waals surface area contributed by atoms with Gasteiger partial charge in [-0.1, -0.05) is 12.1 Å². The molecule has 0 aromatic heterocycles. The van der Waals surface area contributed by atoms with Crippen molar-refractivity contribution in [3.63, 3.8) is 0 Å². The quantitative estimate of drug-likeness (QED) is 0.641. The van der Waals surface area contributed by atoms with Crippen LogP contribution >= 0.6 is 0 Å². The van der Waals surface area contributed by atoms with Gasteiger partial charge in [-0.15, -0.1) is 0 Å². The molecule has 1 fully saturated rings. The molecular weight excluding hydrogens is 386 g/mol. The van der Waals surface area contributed by atoms with E-state index in [0.717, 1.165) is 60.7 Å². The Bertz CT molecular complexity index is 942. The smallest absolute Gasteiger partial charge is 0.189 e. The second-order valence-corrected chi connectivity index (χ2v) is 8.78. The van der Waals surface area contributed by atoms with Gasteiger partial charge in [-0.2, -0.15) is 0 Å². The highest BCUT2D eigenvalue weighted by molar-refractivity contribution is 6.15. The second-order valence-electron chi connectivity index (χ2n) is 8.78. The lowest BCUT2D eigenvalue weighted by Crippen LogP contribution is -2.46. The maximum absolute atomic E-state index is 12.7. The Labute approximate surface area is 185 Å². The number of carbonyl (C=O) groups is 1. The molecule has 4 rings (SSSR count). The summed E-state index contributed by atoms with van der Waals surface area (Å²) in [5, 5.41) is 0. The van der Waals surface area contributed by atoms with Gasteiger partial charge in [0, 0.05) is 49.4 Å². The minimum atomic E-state index is 0.132. The van der Waals surface area contributed by atoms with Gasteiger partial charge in [0.2, 0.25) is 0 Å². The van der Waals surface area contributed by atoms with Gasteiger partial charge in [0.25, 0.3) is 0 Å². The Kier molecular flexibility index (Phi) is 6.73. The van der Waals surface area contributed by atoms with Crippen LogP contribution in [0.3, 0.4) is 0 Å². The van der Waals surface area contributed by atoms with Gasteiger partial charge >= 0.3 is 0 Å². The van der Waals surface area contributed by atoms with E-state index in [1.54, 1.807) is 7.11 Å². The molecule has 1 heterocycles. The summed E-state index contributed by atoms with van der Waals surface area (Å²) in [7, 11) is 5.92. The number of methoxy groups -OCH3 is 1. The lowest BCUT2D eigenvalue weighted by atomic mass is 10.1. The Morgan fingerprint density at radius 3 is 2.45 bits per heavy atom. The average Bonchev–Trinajstić information content (AvgIpc) is 3.09. The van der Waals surface area contributed by atoms with Gasteiger partial charge in [0.1, 0.15) is 5.75 Å². The molecule has 0 N–H and O–H groups in total. The topological polar surface area (TPSA) is 36.0 Å². The summed E-state index contributed by atoms with van der Waals surface area (Å²) in [5.74, 6) is 0.932. The van der Waals surface area contributed by atoms with Crippen molar-refractivity contribution in [1.82, 2.24) is 9.80 Å². The Morgan fingerprint density at radius 2 is 1.77 bits per heavy atom. The molecule has 0 radical (unpaired) electrons. The van der Waals surface area contributed by atoms with Gasteiger partial charge in [0.15, 0.2) is 5.78 Å². The van der Waals surface area contributed by atoms with Crippen LogP contribution in [0.2, 0.25) is 0 Å². The number of hydrogen-bond donors (Lipinski definition) is 0. The standard InChI is InChI=1S/C26H33N3O2/c1-27(2)11-4-12-28-13-15-29(16-14-28)23-7-5-20(6-8-23)17-22-18-21-19-24(31-3)9-10-25(21)26(22)30/h5-10,17,19H,4,11-16,18H2,1-3H3/b22-17-. The fourth-order valence-corrected chi connectivity index (χ4v) is 4.46. The van der Waals surface area contributed by atoms with E-state index in [0.29, 0.717) is 6.42 Å². The fourth-order valence-electron chi connectivity index (χ4n) is 4.46. The highest BCUT2D eigenvalue weighted by atomic mass is 16.5. The van der Waals surface area contributed by atoms with Gasteiger partial charge in [-0.05, 0) is 81.1 Å². The number of rotatable bonds is 7. The molecule has 0 spiro atoms. The van der Waals surface area contributed by atoms with Crippen molar-refractivity contribution in [1.29, 1.82) is 0 Å².